The molecule has 2 aromatic rings. The second kappa shape index (κ2) is 3.93. The number of aryl methyl sites for hydroxylation is 2. The summed E-state index contributed by atoms with van der Waals surface area (Å²) < 4.78 is 13.8. The molecule has 1 aromatic heterocycles. The van der Waals surface area contributed by atoms with Gasteiger partial charge in [0.25, 0.3) is 0 Å². The van der Waals surface area contributed by atoms with Crippen LogP contribution < -0.4 is 5.43 Å². The van der Waals surface area contributed by atoms with Crippen LogP contribution in [0.2, 0.25) is 0 Å². The highest BCUT2D eigenvalue weighted by Gasteiger charge is 2.08. The van der Waals surface area contributed by atoms with Gasteiger partial charge in [0.05, 0.1) is 5.69 Å². The van der Waals surface area contributed by atoms with Crippen LogP contribution in [-0.4, -0.2) is 4.98 Å². The van der Waals surface area contributed by atoms with Gasteiger partial charge >= 0.3 is 0 Å². The van der Waals surface area contributed by atoms with E-state index in [1.807, 2.05) is 0 Å². The molecular formula is C13H12FNO. The molecule has 0 amide bonds. The number of nitrogens with one attached hydrogen (secondary N) is 1. The fourth-order valence-corrected chi connectivity index (χ4v) is 1.68. The maximum atomic E-state index is 13.8. The van der Waals surface area contributed by atoms with Crippen LogP contribution in [0.4, 0.5) is 4.39 Å². The second-order valence-electron chi connectivity index (χ2n) is 3.85. The van der Waals surface area contributed by atoms with E-state index < -0.39 is 0 Å². The number of pyridine rings is 1. The number of benzene rings is 1. The third-order valence-corrected chi connectivity index (χ3v) is 2.46. The summed E-state index contributed by atoms with van der Waals surface area (Å²) in [4.78, 5) is 14.3. The Morgan fingerprint density at radius 2 is 1.94 bits per heavy atom. The summed E-state index contributed by atoms with van der Waals surface area (Å²) in [6, 6.07) is 8.02. The lowest BCUT2D eigenvalue weighted by Crippen LogP contribution is -2.02. The molecule has 0 saturated heterocycles. The molecule has 1 N–H and O–H groups in total. The van der Waals surface area contributed by atoms with Gasteiger partial charge in [-0.2, -0.15) is 0 Å². The molecule has 82 valence electrons. The van der Waals surface area contributed by atoms with Crippen molar-refractivity contribution in [3.63, 3.8) is 0 Å². The van der Waals surface area contributed by atoms with Crippen LogP contribution in [0.5, 0.6) is 0 Å². The predicted octanol–water partition coefficient (Wildman–Crippen LogP) is 2.80. The smallest absolute Gasteiger partial charge is 0.182 e. The first-order valence-corrected chi connectivity index (χ1v) is 5.04. The van der Waals surface area contributed by atoms with Gasteiger partial charge in [-0.3, -0.25) is 4.79 Å². The normalized spacial score (nSPS) is 10.4. The van der Waals surface area contributed by atoms with Gasteiger partial charge in [-0.1, -0.05) is 12.1 Å². The van der Waals surface area contributed by atoms with Crippen molar-refractivity contribution in [2.24, 2.45) is 0 Å². The number of hydrogen-bond acceptors (Lipinski definition) is 1. The molecule has 0 unspecified atom stereocenters. The maximum Gasteiger partial charge on any atom is 0.182 e. The van der Waals surface area contributed by atoms with Crippen molar-refractivity contribution in [3.05, 3.63) is 57.6 Å². The standard InChI is InChI=1S/C13H12FNO/c1-8-4-3-5-11(13(8)14)12-7-10(16)6-9(2)15-12/h3-7H,1-2H3,(H,15,16). The zero-order chi connectivity index (χ0) is 11.7. The molecule has 1 heterocycles. The molecular weight excluding hydrogens is 205 g/mol. The molecule has 2 nitrogen and oxygen atoms in total. The lowest BCUT2D eigenvalue weighted by atomic mass is 10.1. The lowest BCUT2D eigenvalue weighted by Gasteiger charge is -2.06. The van der Waals surface area contributed by atoms with Crippen molar-refractivity contribution in [2.45, 2.75) is 13.8 Å². The van der Waals surface area contributed by atoms with E-state index in [4.69, 9.17) is 0 Å². The molecule has 2 rings (SSSR count). The van der Waals surface area contributed by atoms with Gasteiger partial charge in [0, 0.05) is 23.4 Å². The minimum Gasteiger partial charge on any atom is -0.358 e. The zero-order valence-corrected chi connectivity index (χ0v) is 9.17. The van der Waals surface area contributed by atoms with E-state index in [2.05, 4.69) is 4.98 Å². The Kier molecular flexibility index (Phi) is 2.60. The fourth-order valence-electron chi connectivity index (χ4n) is 1.68. The molecule has 0 aliphatic carbocycles. The molecule has 0 saturated carbocycles. The third-order valence-electron chi connectivity index (χ3n) is 2.46. The predicted molar refractivity (Wildman–Crippen MR) is 61.9 cm³/mol. The van der Waals surface area contributed by atoms with Crippen LogP contribution in [0.15, 0.2) is 35.1 Å². The summed E-state index contributed by atoms with van der Waals surface area (Å²) in [6.45, 7) is 3.48. The van der Waals surface area contributed by atoms with Crippen LogP contribution >= 0.6 is 0 Å². The van der Waals surface area contributed by atoms with Crippen molar-refractivity contribution in [1.29, 1.82) is 0 Å². The van der Waals surface area contributed by atoms with E-state index >= 15 is 0 Å². The number of halogens is 1. The Morgan fingerprint density at radius 3 is 2.62 bits per heavy atom. The summed E-state index contributed by atoms with van der Waals surface area (Å²) in [5.74, 6) is -0.288. The Labute approximate surface area is 92.8 Å². The van der Waals surface area contributed by atoms with Crippen molar-refractivity contribution in [1.82, 2.24) is 4.98 Å². The van der Waals surface area contributed by atoms with Crippen molar-refractivity contribution < 1.29 is 4.39 Å². The maximum absolute atomic E-state index is 13.8. The fraction of sp³-hybridized carbons (Fsp3) is 0.154. The second-order valence-corrected chi connectivity index (χ2v) is 3.85. The number of aromatic amines is 1. The first kappa shape index (κ1) is 10.6. The monoisotopic (exact) mass is 217 g/mol. The zero-order valence-electron chi connectivity index (χ0n) is 9.17. The van der Waals surface area contributed by atoms with E-state index in [0.29, 0.717) is 16.8 Å². The first-order chi connectivity index (χ1) is 7.58. The Balaban J connectivity index is 2.67. The number of hydrogen-bond donors (Lipinski definition) is 1. The highest BCUT2D eigenvalue weighted by molar-refractivity contribution is 5.61. The summed E-state index contributed by atoms with van der Waals surface area (Å²) in [5, 5.41) is 0. The van der Waals surface area contributed by atoms with E-state index in [1.165, 1.54) is 12.1 Å². The van der Waals surface area contributed by atoms with Crippen LogP contribution in [0.1, 0.15) is 11.3 Å². The highest BCUT2D eigenvalue weighted by atomic mass is 19.1. The molecule has 0 atom stereocenters. The van der Waals surface area contributed by atoms with E-state index in [9.17, 15) is 9.18 Å². The van der Waals surface area contributed by atoms with Crippen LogP contribution in [0.3, 0.4) is 0 Å². The highest BCUT2D eigenvalue weighted by Crippen LogP contribution is 2.21. The van der Waals surface area contributed by atoms with E-state index in [0.717, 1.165) is 5.69 Å². The average molecular weight is 217 g/mol. The van der Waals surface area contributed by atoms with Gasteiger partial charge in [0.15, 0.2) is 5.43 Å². The molecule has 0 spiro atoms. The number of rotatable bonds is 1. The third kappa shape index (κ3) is 1.89. The minimum atomic E-state index is -0.288. The lowest BCUT2D eigenvalue weighted by molar-refractivity contribution is 0.621. The quantitative estimate of drug-likeness (QED) is 0.782. The SMILES string of the molecule is Cc1cc(=O)cc(-c2cccc(C)c2F)[nH]1. The number of aromatic nitrogens is 1. The topological polar surface area (TPSA) is 32.9 Å². The molecule has 3 heteroatoms. The van der Waals surface area contributed by atoms with Gasteiger partial charge in [-0.25, -0.2) is 4.39 Å². The van der Waals surface area contributed by atoms with Gasteiger partial charge in [0.1, 0.15) is 5.82 Å². The first-order valence-electron chi connectivity index (χ1n) is 5.04. The molecule has 0 aliphatic rings. The Bertz CT molecular complexity index is 587. The minimum absolute atomic E-state index is 0.118. The van der Waals surface area contributed by atoms with Crippen molar-refractivity contribution in [2.75, 3.05) is 0 Å². The summed E-state index contributed by atoms with van der Waals surface area (Å²) >= 11 is 0. The van der Waals surface area contributed by atoms with Gasteiger partial charge in [-0.05, 0) is 25.5 Å². The van der Waals surface area contributed by atoms with E-state index in [-0.39, 0.29) is 11.2 Å². The van der Waals surface area contributed by atoms with Gasteiger partial charge in [0.2, 0.25) is 0 Å². The largest absolute Gasteiger partial charge is 0.358 e. The van der Waals surface area contributed by atoms with Crippen LogP contribution in [0, 0.1) is 19.7 Å². The average Bonchev–Trinajstić information content (AvgIpc) is 2.20. The molecule has 0 fully saturated rings. The summed E-state index contributed by atoms with van der Waals surface area (Å²) in [7, 11) is 0. The Morgan fingerprint density at radius 1 is 1.19 bits per heavy atom. The van der Waals surface area contributed by atoms with Crippen molar-refractivity contribution in [3.8, 4) is 11.3 Å². The molecule has 0 radical (unpaired) electrons. The van der Waals surface area contributed by atoms with Crippen molar-refractivity contribution >= 4 is 0 Å². The summed E-state index contributed by atoms with van der Waals surface area (Å²) in [6.07, 6.45) is 0. The molecule has 1 aromatic carbocycles. The molecule has 0 aliphatic heterocycles. The molecule has 16 heavy (non-hydrogen) atoms. The number of H-pyrrole nitrogens is 1. The van der Waals surface area contributed by atoms with Crippen LogP contribution in [-0.2, 0) is 0 Å². The van der Waals surface area contributed by atoms with Crippen LogP contribution in [0.25, 0.3) is 11.3 Å². The van der Waals surface area contributed by atoms with E-state index in [1.54, 1.807) is 32.0 Å². The molecule has 0 bridgehead atoms. The summed E-state index contributed by atoms with van der Waals surface area (Å²) in [5.41, 5.74) is 2.13. The van der Waals surface area contributed by atoms with Gasteiger partial charge in [-0.15, -0.1) is 0 Å². The van der Waals surface area contributed by atoms with Gasteiger partial charge < -0.3 is 4.98 Å². The Hall–Kier alpha value is -1.90.